The molecule has 4 aliphatic carbocycles. The lowest BCUT2D eigenvalue weighted by Crippen LogP contribution is -2.83. The van der Waals surface area contributed by atoms with Crippen LogP contribution in [0, 0.1) is 23.2 Å². The molecular weight excluding hydrogens is 505 g/mol. The lowest BCUT2D eigenvalue weighted by atomic mass is 9.50. The van der Waals surface area contributed by atoms with Gasteiger partial charge in [0.25, 0.3) is 0 Å². The lowest BCUT2D eigenvalue weighted by Gasteiger charge is -2.65. The Hall–Kier alpha value is -0.672. The van der Waals surface area contributed by atoms with Crippen molar-refractivity contribution in [3.63, 3.8) is 0 Å². The van der Waals surface area contributed by atoms with E-state index in [0.717, 1.165) is 17.8 Å². The van der Waals surface area contributed by atoms with Gasteiger partial charge in [-0.1, -0.05) is 81.8 Å². The van der Waals surface area contributed by atoms with E-state index in [0.29, 0.717) is 11.1 Å². The molecule has 0 N–H and O–H groups in total. The van der Waals surface area contributed by atoms with Gasteiger partial charge >= 0.3 is 0 Å². The number of hydrogen-bond acceptors (Lipinski definition) is 2. The highest BCUT2D eigenvalue weighted by molar-refractivity contribution is 7.67. The van der Waals surface area contributed by atoms with Crippen molar-refractivity contribution in [3.8, 4) is 0 Å². The number of benzene rings is 1. The molecule has 4 bridgehead atoms. The zero-order valence-electron chi connectivity index (χ0n) is 24.6. The molecule has 36 heavy (non-hydrogen) atoms. The van der Waals surface area contributed by atoms with E-state index in [2.05, 4.69) is 114 Å². The molecule has 0 heterocycles. The Balaban J connectivity index is 1.76. The number of rotatable bonds is 10. The second kappa shape index (κ2) is 10.1. The van der Waals surface area contributed by atoms with Crippen LogP contribution in [0.15, 0.2) is 48.7 Å². The zero-order chi connectivity index (χ0) is 26.4. The summed E-state index contributed by atoms with van der Waals surface area (Å²) in [5, 5.41) is 0. The smallest absolute Gasteiger partial charge is 0.245 e. The van der Waals surface area contributed by atoms with Crippen LogP contribution in [0.4, 0.5) is 0 Å². The van der Waals surface area contributed by atoms with E-state index < -0.39 is 30.9 Å². The monoisotopic (exact) mass is 556 g/mol. The van der Waals surface area contributed by atoms with Gasteiger partial charge in [-0.05, 0) is 93.0 Å². The van der Waals surface area contributed by atoms with Gasteiger partial charge < -0.3 is 8.85 Å². The van der Waals surface area contributed by atoms with Gasteiger partial charge in [-0.15, -0.1) is 0 Å². The Morgan fingerprint density at radius 1 is 0.750 bits per heavy atom. The van der Waals surface area contributed by atoms with Crippen molar-refractivity contribution in [2.24, 2.45) is 23.2 Å². The van der Waals surface area contributed by atoms with Crippen LogP contribution in [0.1, 0.15) is 44.1 Å². The summed E-state index contributed by atoms with van der Waals surface area (Å²) in [5.41, 5.74) is 1.94. The molecule has 4 fully saturated rings. The molecular formula is C30H52O2Si4. The van der Waals surface area contributed by atoms with Crippen LogP contribution in [0.25, 0.3) is 6.08 Å². The molecule has 1 aromatic carbocycles. The SMILES string of the molecule is C[Si](C)(C)OC(C12CC3CC(CC(C3)C1)C2)[Si](O/C=C\C=C\c1ccccc1)([Si](C)(C)C)[Si](C)(C)C. The maximum Gasteiger partial charge on any atom is 0.245 e. The predicted molar refractivity (Wildman–Crippen MR) is 167 cm³/mol. The fourth-order valence-electron chi connectivity index (χ4n) is 8.74. The second-order valence-electron chi connectivity index (χ2n) is 15.3. The van der Waals surface area contributed by atoms with Crippen LogP contribution in [0.3, 0.4) is 0 Å². The summed E-state index contributed by atoms with van der Waals surface area (Å²) in [7, 11) is -7.48. The van der Waals surface area contributed by atoms with Gasteiger partial charge in [0.15, 0.2) is 8.32 Å². The highest BCUT2D eigenvalue weighted by Gasteiger charge is 2.70. The van der Waals surface area contributed by atoms with Gasteiger partial charge in [-0.3, -0.25) is 0 Å². The fourth-order valence-corrected chi connectivity index (χ4v) is 54.7. The van der Waals surface area contributed by atoms with Gasteiger partial charge in [0.1, 0.15) is 0 Å². The van der Waals surface area contributed by atoms with Crippen LogP contribution < -0.4 is 0 Å². The Kier molecular flexibility index (Phi) is 7.98. The second-order valence-corrected chi connectivity index (χ2v) is 46.0. The average Bonchev–Trinajstić information content (AvgIpc) is 2.72. The highest BCUT2D eigenvalue weighted by atomic mass is 29.7. The van der Waals surface area contributed by atoms with Gasteiger partial charge in [-0.2, -0.15) is 0 Å². The molecule has 2 nitrogen and oxygen atoms in total. The van der Waals surface area contributed by atoms with E-state index in [4.69, 9.17) is 8.85 Å². The topological polar surface area (TPSA) is 18.5 Å². The molecule has 0 amide bonds. The third-order valence-corrected chi connectivity index (χ3v) is 46.0. The lowest BCUT2D eigenvalue weighted by molar-refractivity contribution is -0.0941. The molecule has 1 unspecified atom stereocenters. The van der Waals surface area contributed by atoms with E-state index in [-0.39, 0.29) is 0 Å². The molecule has 0 spiro atoms. The Bertz CT molecular complexity index is 901. The molecule has 5 rings (SSSR count). The summed E-state index contributed by atoms with van der Waals surface area (Å²) in [6.07, 6.45) is 17.2. The van der Waals surface area contributed by atoms with E-state index in [1.165, 1.54) is 44.1 Å². The van der Waals surface area contributed by atoms with Crippen molar-refractivity contribution >= 4 is 36.9 Å². The summed E-state index contributed by atoms with van der Waals surface area (Å²) in [4.78, 5) is 0. The van der Waals surface area contributed by atoms with E-state index in [1.54, 1.807) is 0 Å². The minimum Gasteiger partial charge on any atom is -0.552 e. The van der Waals surface area contributed by atoms with Crippen molar-refractivity contribution in [1.82, 2.24) is 0 Å². The summed E-state index contributed by atoms with van der Waals surface area (Å²) in [5.74, 6) is 2.80. The Labute approximate surface area is 225 Å². The average molecular weight is 557 g/mol. The largest absolute Gasteiger partial charge is 0.552 e. The van der Waals surface area contributed by atoms with Crippen molar-refractivity contribution in [3.05, 3.63) is 54.3 Å². The van der Waals surface area contributed by atoms with Crippen LogP contribution in [0.5, 0.6) is 0 Å². The first kappa shape index (κ1) is 28.3. The van der Waals surface area contributed by atoms with E-state index >= 15 is 0 Å². The number of allylic oxidation sites excluding steroid dienone is 2. The zero-order valence-corrected chi connectivity index (χ0v) is 28.6. The molecule has 0 aliphatic heterocycles. The molecule has 4 saturated carbocycles. The van der Waals surface area contributed by atoms with Crippen molar-refractivity contribution < 1.29 is 8.85 Å². The normalized spacial score (nSPS) is 29.9. The third-order valence-electron chi connectivity index (χ3n) is 9.24. The first-order valence-electron chi connectivity index (χ1n) is 14.4. The Morgan fingerprint density at radius 2 is 1.25 bits per heavy atom. The van der Waals surface area contributed by atoms with Crippen molar-refractivity contribution in [2.45, 2.75) is 103 Å². The molecule has 0 saturated heterocycles. The Morgan fingerprint density at radius 3 is 1.69 bits per heavy atom. The van der Waals surface area contributed by atoms with Gasteiger partial charge in [0, 0.05) is 0 Å². The van der Waals surface area contributed by atoms with E-state index in [1.807, 2.05) is 0 Å². The summed E-state index contributed by atoms with van der Waals surface area (Å²) < 4.78 is 15.0. The minimum atomic E-state index is -2.28. The third kappa shape index (κ3) is 5.68. The quantitative estimate of drug-likeness (QED) is 0.163. The van der Waals surface area contributed by atoms with Crippen LogP contribution in [-0.4, -0.2) is 36.6 Å². The minimum absolute atomic E-state index is 0.353. The first-order chi connectivity index (χ1) is 16.7. The highest BCUT2D eigenvalue weighted by Crippen LogP contribution is 2.64. The summed E-state index contributed by atoms with van der Waals surface area (Å²) in [6.45, 7) is 23.0. The first-order valence-corrected chi connectivity index (χ1v) is 28.8. The molecule has 6 heteroatoms. The summed E-state index contributed by atoms with van der Waals surface area (Å²) >= 11 is 0. The van der Waals surface area contributed by atoms with Gasteiger partial charge in [0.05, 0.1) is 27.2 Å². The predicted octanol–water partition coefficient (Wildman–Crippen LogP) is 8.98. The van der Waals surface area contributed by atoms with E-state index in [9.17, 15) is 0 Å². The maximum absolute atomic E-state index is 7.56. The maximum atomic E-state index is 7.56. The molecule has 1 aromatic rings. The molecule has 0 aromatic heterocycles. The molecule has 4 aliphatic rings. The fraction of sp³-hybridized carbons (Fsp3) is 0.667. The van der Waals surface area contributed by atoms with Gasteiger partial charge in [-0.25, -0.2) is 0 Å². The number of hydrogen-bond donors (Lipinski definition) is 0. The standard InChI is InChI=1S/C30H52O2Si4/c1-33(2,3)32-29(30-22-26-19-27(23-30)21-28(20-26)24-30)36(34(4,5)6,35(7,8)9)31-18-14-13-17-25-15-11-10-12-16-25/h10-18,26-29H,19-24H2,1-9H3/b17-13+,18-14-. The van der Waals surface area contributed by atoms with Crippen LogP contribution >= 0.6 is 0 Å². The molecule has 0 radical (unpaired) electrons. The molecule has 200 valence electrons. The van der Waals surface area contributed by atoms with Crippen molar-refractivity contribution in [1.29, 1.82) is 0 Å². The van der Waals surface area contributed by atoms with Crippen LogP contribution in [-0.2, 0) is 8.85 Å². The van der Waals surface area contributed by atoms with Crippen molar-refractivity contribution in [2.75, 3.05) is 0 Å². The molecule has 1 atom stereocenters. The summed E-state index contributed by atoms with van der Waals surface area (Å²) in [6, 6.07) is 10.6. The van der Waals surface area contributed by atoms with Crippen LogP contribution in [0.2, 0.25) is 58.9 Å². The van der Waals surface area contributed by atoms with Gasteiger partial charge in [0.2, 0.25) is 7.35 Å².